The van der Waals surface area contributed by atoms with E-state index in [1.165, 1.54) is 0 Å². The van der Waals surface area contributed by atoms with Crippen LogP contribution < -0.4 is 5.32 Å². The van der Waals surface area contributed by atoms with Gasteiger partial charge in [0.05, 0.1) is 0 Å². The van der Waals surface area contributed by atoms with Gasteiger partial charge >= 0.3 is 0 Å². The third-order valence-corrected chi connectivity index (χ3v) is 4.25. The lowest BCUT2D eigenvalue weighted by Crippen LogP contribution is -2.10. The first-order valence-electron chi connectivity index (χ1n) is 7.06. The molecule has 3 rings (SSSR count). The minimum Gasteiger partial charge on any atom is -0.451 e. The van der Waals surface area contributed by atoms with Gasteiger partial charge in [-0.15, -0.1) is 0 Å². The summed E-state index contributed by atoms with van der Waals surface area (Å²) in [6.45, 7) is 1.92. The smallest absolute Gasteiger partial charge is 0.291 e. The molecule has 0 aliphatic rings. The number of halogens is 3. The van der Waals surface area contributed by atoms with Crippen LogP contribution in [-0.4, -0.2) is 5.91 Å². The Morgan fingerprint density at radius 3 is 2.33 bits per heavy atom. The van der Waals surface area contributed by atoms with Crippen molar-refractivity contribution >= 4 is 46.4 Å². The number of rotatable bonds is 3. The van der Waals surface area contributed by atoms with Crippen LogP contribution in [0, 0.1) is 6.92 Å². The van der Waals surface area contributed by atoms with Crippen molar-refractivity contribution in [2.75, 3.05) is 5.32 Å². The molecule has 0 spiro atoms. The monoisotopic (exact) mass is 379 g/mol. The number of hydrogen-bond acceptors (Lipinski definition) is 2. The van der Waals surface area contributed by atoms with Crippen molar-refractivity contribution in [3.8, 4) is 11.3 Å². The summed E-state index contributed by atoms with van der Waals surface area (Å²) < 4.78 is 5.62. The zero-order valence-corrected chi connectivity index (χ0v) is 14.8. The van der Waals surface area contributed by atoms with Crippen molar-refractivity contribution in [2.24, 2.45) is 0 Å². The lowest BCUT2D eigenvalue weighted by Gasteiger charge is -2.05. The van der Waals surface area contributed by atoms with Crippen LogP contribution in [0.1, 0.15) is 16.1 Å². The molecule has 3 nitrogen and oxygen atoms in total. The molecule has 0 bridgehead atoms. The standard InChI is InChI=1S/C18H12Cl3NO2/c1-10-2-3-11(6-15(10)21)16-4-5-17(24-16)18(23)22-14-8-12(19)7-13(20)9-14/h2-9H,1H3,(H,22,23). The molecule has 0 radical (unpaired) electrons. The van der Waals surface area contributed by atoms with E-state index in [-0.39, 0.29) is 5.76 Å². The summed E-state index contributed by atoms with van der Waals surface area (Å²) in [6, 6.07) is 13.7. The van der Waals surface area contributed by atoms with E-state index < -0.39 is 5.91 Å². The van der Waals surface area contributed by atoms with Gasteiger partial charge < -0.3 is 9.73 Å². The largest absolute Gasteiger partial charge is 0.451 e. The Morgan fingerprint density at radius 2 is 1.67 bits per heavy atom. The summed E-state index contributed by atoms with van der Waals surface area (Å²) in [5.41, 5.74) is 2.27. The Morgan fingerprint density at radius 1 is 0.958 bits per heavy atom. The predicted molar refractivity (Wildman–Crippen MR) is 98.3 cm³/mol. The van der Waals surface area contributed by atoms with E-state index in [1.807, 2.05) is 19.1 Å². The highest BCUT2D eigenvalue weighted by atomic mass is 35.5. The molecule has 1 aromatic heterocycles. The average Bonchev–Trinajstić information content (AvgIpc) is 2.99. The van der Waals surface area contributed by atoms with Crippen molar-refractivity contribution in [2.45, 2.75) is 6.92 Å². The van der Waals surface area contributed by atoms with Crippen LogP contribution >= 0.6 is 34.8 Å². The fourth-order valence-electron chi connectivity index (χ4n) is 2.18. The molecular weight excluding hydrogens is 369 g/mol. The van der Waals surface area contributed by atoms with Crippen LogP contribution in [0.5, 0.6) is 0 Å². The first-order valence-corrected chi connectivity index (χ1v) is 8.19. The van der Waals surface area contributed by atoms with Crippen molar-refractivity contribution in [3.63, 3.8) is 0 Å². The number of benzene rings is 2. The average molecular weight is 381 g/mol. The van der Waals surface area contributed by atoms with Gasteiger partial charge in [-0.05, 0) is 48.9 Å². The SMILES string of the molecule is Cc1ccc(-c2ccc(C(=O)Nc3cc(Cl)cc(Cl)c3)o2)cc1Cl. The number of hydrogen-bond donors (Lipinski definition) is 1. The first-order chi connectivity index (χ1) is 11.4. The van der Waals surface area contributed by atoms with E-state index in [0.717, 1.165) is 11.1 Å². The number of carbonyl (C=O) groups is 1. The maximum absolute atomic E-state index is 12.3. The lowest BCUT2D eigenvalue weighted by atomic mass is 10.1. The summed E-state index contributed by atoms with van der Waals surface area (Å²) >= 11 is 18.0. The zero-order chi connectivity index (χ0) is 17.3. The third kappa shape index (κ3) is 3.75. The second-order valence-corrected chi connectivity index (χ2v) is 6.52. The van der Waals surface area contributed by atoms with E-state index >= 15 is 0 Å². The van der Waals surface area contributed by atoms with E-state index in [9.17, 15) is 4.79 Å². The van der Waals surface area contributed by atoms with Crippen LogP contribution in [0.2, 0.25) is 15.1 Å². The Labute approximate surface area is 154 Å². The van der Waals surface area contributed by atoms with Crippen LogP contribution in [0.4, 0.5) is 5.69 Å². The number of nitrogens with one attached hydrogen (secondary N) is 1. The minimum absolute atomic E-state index is 0.179. The summed E-state index contributed by atoms with van der Waals surface area (Å²) in [5.74, 6) is 0.349. The molecule has 0 saturated heterocycles. The molecule has 0 aliphatic carbocycles. The van der Waals surface area contributed by atoms with Crippen LogP contribution in [0.15, 0.2) is 52.9 Å². The van der Waals surface area contributed by atoms with Crippen LogP contribution in [-0.2, 0) is 0 Å². The molecule has 122 valence electrons. The summed E-state index contributed by atoms with van der Waals surface area (Å²) in [6.07, 6.45) is 0. The Bertz CT molecular complexity index is 898. The maximum Gasteiger partial charge on any atom is 0.291 e. The van der Waals surface area contributed by atoms with Crippen LogP contribution in [0.25, 0.3) is 11.3 Å². The first kappa shape index (κ1) is 16.9. The molecular formula is C18H12Cl3NO2. The molecule has 1 N–H and O–H groups in total. The van der Waals surface area contributed by atoms with Gasteiger partial charge in [0.15, 0.2) is 5.76 Å². The fourth-order valence-corrected chi connectivity index (χ4v) is 2.89. The van der Waals surface area contributed by atoms with Gasteiger partial charge in [-0.1, -0.05) is 46.9 Å². The number of amides is 1. The zero-order valence-electron chi connectivity index (χ0n) is 12.6. The number of anilines is 1. The molecule has 6 heteroatoms. The molecule has 3 aromatic rings. The highest BCUT2D eigenvalue weighted by Gasteiger charge is 2.13. The topological polar surface area (TPSA) is 42.2 Å². The molecule has 2 aromatic carbocycles. The number of aryl methyl sites for hydroxylation is 1. The van der Waals surface area contributed by atoms with E-state index in [2.05, 4.69) is 5.32 Å². The summed E-state index contributed by atoms with van der Waals surface area (Å²) in [7, 11) is 0. The Kier molecular flexibility index (Phi) is 4.86. The quantitative estimate of drug-likeness (QED) is 0.566. The van der Waals surface area contributed by atoms with Gasteiger partial charge in [-0.25, -0.2) is 0 Å². The van der Waals surface area contributed by atoms with Crippen molar-refractivity contribution in [1.29, 1.82) is 0 Å². The van der Waals surface area contributed by atoms with Gasteiger partial charge in [0.2, 0.25) is 0 Å². The van der Waals surface area contributed by atoms with Crippen molar-refractivity contribution in [1.82, 2.24) is 0 Å². The molecule has 1 amide bonds. The Balaban J connectivity index is 1.81. The van der Waals surface area contributed by atoms with Gasteiger partial charge in [-0.3, -0.25) is 4.79 Å². The third-order valence-electron chi connectivity index (χ3n) is 3.41. The van der Waals surface area contributed by atoms with Crippen LogP contribution in [0.3, 0.4) is 0 Å². The Hall–Kier alpha value is -1.94. The van der Waals surface area contributed by atoms with Gasteiger partial charge in [-0.2, -0.15) is 0 Å². The van der Waals surface area contributed by atoms with E-state index in [0.29, 0.717) is 26.5 Å². The van der Waals surface area contributed by atoms with Crippen molar-refractivity contribution in [3.05, 3.63) is 74.9 Å². The molecule has 24 heavy (non-hydrogen) atoms. The summed E-state index contributed by atoms with van der Waals surface area (Å²) in [4.78, 5) is 12.3. The second-order valence-electron chi connectivity index (χ2n) is 5.24. The van der Waals surface area contributed by atoms with E-state index in [4.69, 9.17) is 39.2 Å². The molecule has 0 unspecified atom stereocenters. The number of carbonyl (C=O) groups excluding carboxylic acids is 1. The van der Waals surface area contributed by atoms with Gasteiger partial charge in [0, 0.05) is 26.3 Å². The molecule has 0 aliphatic heterocycles. The lowest BCUT2D eigenvalue weighted by molar-refractivity contribution is 0.0997. The van der Waals surface area contributed by atoms with Gasteiger partial charge in [0.25, 0.3) is 5.91 Å². The van der Waals surface area contributed by atoms with Gasteiger partial charge in [0.1, 0.15) is 5.76 Å². The second kappa shape index (κ2) is 6.89. The molecule has 0 saturated carbocycles. The van der Waals surface area contributed by atoms with Crippen molar-refractivity contribution < 1.29 is 9.21 Å². The molecule has 0 atom stereocenters. The fraction of sp³-hybridized carbons (Fsp3) is 0.0556. The normalized spacial score (nSPS) is 10.7. The minimum atomic E-state index is -0.391. The molecule has 0 fully saturated rings. The predicted octanol–water partition coefficient (Wildman–Crippen LogP) is 6.47. The highest BCUT2D eigenvalue weighted by Crippen LogP contribution is 2.28. The maximum atomic E-state index is 12.3. The number of furan rings is 1. The summed E-state index contributed by atoms with van der Waals surface area (Å²) in [5, 5.41) is 4.21. The molecule has 1 heterocycles. The highest BCUT2D eigenvalue weighted by molar-refractivity contribution is 6.35. The van der Waals surface area contributed by atoms with E-state index in [1.54, 1.807) is 36.4 Å².